The molecule has 3 N–H and O–H groups in total. The van der Waals surface area contributed by atoms with Gasteiger partial charge in [0.1, 0.15) is 5.69 Å². The Morgan fingerprint density at radius 2 is 2.19 bits per heavy atom. The van der Waals surface area contributed by atoms with Crippen molar-refractivity contribution < 1.29 is 4.79 Å². The fourth-order valence-electron chi connectivity index (χ4n) is 2.01. The van der Waals surface area contributed by atoms with Crippen LogP contribution in [0.2, 0.25) is 0 Å². The van der Waals surface area contributed by atoms with Crippen LogP contribution in [0.5, 0.6) is 0 Å². The summed E-state index contributed by atoms with van der Waals surface area (Å²) in [5.74, 6) is -0.277. The number of nitrogens with one attached hydrogen (secondary N) is 3. The monoisotopic (exact) mass is 283 g/mol. The smallest absolute Gasteiger partial charge is 0.276 e. The second-order valence-electron chi connectivity index (χ2n) is 4.29. The van der Waals surface area contributed by atoms with Gasteiger partial charge in [0, 0.05) is 17.6 Å². The summed E-state index contributed by atoms with van der Waals surface area (Å²) in [6.45, 7) is 2.74. The highest BCUT2D eigenvalue weighted by Crippen LogP contribution is 2.23. The van der Waals surface area contributed by atoms with Gasteiger partial charge in [-0.1, -0.05) is 23.3 Å². The maximum atomic E-state index is 12.2. The number of para-hydroxylation sites is 1. The van der Waals surface area contributed by atoms with Crippen LogP contribution in [0, 0.1) is 0 Å². The van der Waals surface area contributed by atoms with Crippen LogP contribution in [0.3, 0.4) is 0 Å². The number of fused-ring (bicyclic) bond motifs is 1. The number of aromatic nitrogens is 5. The molecule has 3 aromatic rings. The van der Waals surface area contributed by atoms with E-state index in [1.54, 1.807) is 6.07 Å². The number of nitrogens with zero attached hydrogens (tertiary/aromatic N) is 4. The molecule has 0 bridgehead atoms. The van der Waals surface area contributed by atoms with Crippen LogP contribution in [0.15, 0.2) is 30.3 Å². The van der Waals surface area contributed by atoms with Crippen LogP contribution >= 0.6 is 0 Å². The molecule has 0 saturated carbocycles. The van der Waals surface area contributed by atoms with Gasteiger partial charge in [-0.15, -0.1) is 5.10 Å². The van der Waals surface area contributed by atoms with Crippen molar-refractivity contribution in [1.29, 1.82) is 0 Å². The van der Waals surface area contributed by atoms with E-state index in [0.29, 0.717) is 0 Å². The molecule has 106 valence electrons. The van der Waals surface area contributed by atoms with Gasteiger partial charge in [0.15, 0.2) is 0 Å². The number of benzene rings is 1. The van der Waals surface area contributed by atoms with E-state index in [-0.39, 0.29) is 17.5 Å². The number of carbonyl (C=O) groups excluding carboxylic acids is 1. The Balaban J connectivity index is 2.00. The number of H-pyrrole nitrogens is 1. The number of amides is 1. The van der Waals surface area contributed by atoms with E-state index in [9.17, 15) is 4.79 Å². The first-order valence-corrected chi connectivity index (χ1v) is 6.46. The fraction of sp³-hybridized carbons (Fsp3) is 0.154. The van der Waals surface area contributed by atoms with Gasteiger partial charge < -0.3 is 5.32 Å². The van der Waals surface area contributed by atoms with Crippen LogP contribution in [0.4, 0.5) is 11.6 Å². The minimum absolute atomic E-state index is 0.111. The van der Waals surface area contributed by atoms with Crippen molar-refractivity contribution in [2.24, 2.45) is 0 Å². The van der Waals surface area contributed by atoms with E-state index in [1.165, 1.54) is 0 Å². The number of pyridine rings is 1. The molecule has 0 saturated heterocycles. The lowest BCUT2D eigenvalue weighted by molar-refractivity contribution is 0.102. The maximum Gasteiger partial charge on any atom is 0.276 e. The molecule has 0 fully saturated rings. The Morgan fingerprint density at radius 3 is 2.95 bits per heavy atom. The summed E-state index contributed by atoms with van der Waals surface area (Å²) >= 11 is 0. The summed E-state index contributed by atoms with van der Waals surface area (Å²) in [4.78, 5) is 16.5. The third-order valence-corrected chi connectivity index (χ3v) is 2.89. The number of anilines is 2. The Kier molecular flexibility index (Phi) is 3.42. The first-order valence-electron chi connectivity index (χ1n) is 6.46. The Labute approximate surface area is 120 Å². The molecule has 3 rings (SSSR count). The average Bonchev–Trinajstić information content (AvgIpc) is 3.00. The van der Waals surface area contributed by atoms with E-state index in [0.717, 1.165) is 23.1 Å². The van der Waals surface area contributed by atoms with E-state index < -0.39 is 0 Å². The van der Waals surface area contributed by atoms with Gasteiger partial charge in [-0.05, 0) is 24.3 Å². The lowest BCUT2D eigenvalue weighted by atomic mass is 10.1. The van der Waals surface area contributed by atoms with Gasteiger partial charge in [-0.3, -0.25) is 10.1 Å². The van der Waals surface area contributed by atoms with Crippen molar-refractivity contribution in [2.75, 3.05) is 17.2 Å². The lowest BCUT2D eigenvalue weighted by Crippen LogP contribution is -2.15. The normalized spacial score (nSPS) is 10.5. The van der Waals surface area contributed by atoms with Gasteiger partial charge in [0.2, 0.25) is 0 Å². The number of aromatic amines is 1. The SMILES string of the molecule is CCNc1cc(C(=O)Nc2nn[nH]n2)nc2ccccc12. The van der Waals surface area contributed by atoms with Crippen molar-refractivity contribution in [2.45, 2.75) is 6.92 Å². The minimum atomic E-state index is -0.388. The molecule has 2 heterocycles. The molecule has 0 radical (unpaired) electrons. The van der Waals surface area contributed by atoms with Gasteiger partial charge in [-0.2, -0.15) is 5.21 Å². The molecule has 1 amide bonds. The van der Waals surface area contributed by atoms with Crippen molar-refractivity contribution in [3.8, 4) is 0 Å². The van der Waals surface area contributed by atoms with Crippen LogP contribution in [-0.2, 0) is 0 Å². The average molecular weight is 283 g/mol. The molecule has 0 unspecified atom stereocenters. The standard InChI is InChI=1S/C13H13N7O/c1-2-14-10-7-11(12(21)16-13-17-19-20-18-13)15-9-6-4-3-5-8(9)10/h3-7H,2H2,1H3,(H,14,15)(H2,16,17,18,19,20,21). The highest BCUT2D eigenvalue weighted by molar-refractivity contribution is 6.05. The fourth-order valence-corrected chi connectivity index (χ4v) is 2.01. The quantitative estimate of drug-likeness (QED) is 0.668. The molecule has 0 aliphatic heterocycles. The molecule has 0 aliphatic rings. The molecule has 2 aromatic heterocycles. The molecule has 21 heavy (non-hydrogen) atoms. The van der Waals surface area contributed by atoms with Gasteiger partial charge in [-0.25, -0.2) is 4.98 Å². The Hall–Kier alpha value is -3.03. The highest BCUT2D eigenvalue weighted by Gasteiger charge is 2.13. The van der Waals surface area contributed by atoms with Crippen molar-refractivity contribution >= 4 is 28.4 Å². The van der Waals surface area contributed by atoms with E-state index in [2.05, 4.69) is 36.2 Å². The molecule has 0 atom stereocenters. The topological polar surface area (TPSA) is 108 Å². The lowest BCUT2D eigenvalue weighted by Gasteiger charge is -2.10. The zero-order valence-corrected chi connectivity index (χ0v) is 11.3. The summed E-state index contributed by atoms with van der Waals surface area (Å²) in [6, 6.07) is 9.35. The van der Waals surface area contributed by atoms with E-state index >= 15 is 0 Å². The number of hydrogen-bond donors (Lipinski definition) is 3. The zero-order valence-electron chi connectivity index (χ0n) is 11.3. The third-order valence-electron chi connectivity index (χ3n) is 2.89. The van der Waals surface area contributed by atoms with Crippen molar-refractivity contribution in [3.63, 3.8) is 0 Å². The van der Waals surface area contributed by atoms with E-state index in [4.69, 9.17) is 0 Å². The van der Waals surface area contributed by atoms with Crippen LogP contribution in [0.25, 0.3) is 10.9 Å². The molecule has 1 aromatic carbocycles. The summed E-state index contributed by atoms with van der Waals surface area (Å²) in [5.41, 5.74) is 1.89. The van der Waals surface area contributed by atoms with Crippen LogP contribution < -0.4 is 10.6 Å². The summed E-state index contributed by atoms with van der Waals surface area (Å²) in [5, 5.41) is 19.7. The second kappa shape index (κ2) is 5.53. The summed E-state index contributed by atoms with van der Waals surface area (Å²) in [7, 11) is 0. The number of tetrazole rings is 1. The van der Waals surface area contributed by atoms with Crippen molar-refractivity contribution in [1.82, 2.24) is 25.6 Å². The predicted molar refractivity (Wildman–Crippen MR) is 78.0 cm³/mol. The summed E-state index contributed by atoms with van der Waals surface area (Å²) < 4.78 is 0. The van der Waals surface area contributed by atoms with Crippen molar-refractivity contribution in [3.05, 3.63) is 36.0 Å². The third kappa shape index (κ3) is 2.64. The molecule has 0 spiro atoms. The molecular weight excluding hydrogens is 270 g/mol. The number of carbonyl (C=O) groups is 1. The van der Waals surface area contributed by atoms with Gasteiger partial charge in [0.05, 0.1) is 5.52 Å². The Morgan fingerprint density at radius 1 is 1.33 bits per heavy atom. The molecule has 0 aliphatic carbocycles. The van der Waals surface area contributed by atoms with Gasteiger partial charge in [0.25, 0.3) is 11.9 Å². The summed E-state index contributed by atoms with van der Waals surface area (Å²) in [6.07, 6.45) is 0. The molecule has 8 nitrogen and oxygen atoms in total. The highest BCUT2D eigenvalue weighted by atomic mass is 16.2. The number of hydrogen-bond acceptors (Lipinski definition) is 6. The largest absolute Gasteiger partial charge is 0.385 e. The van der Waals surface area contributed by atoms with Gasteiger partial charge >= 0.3 is 0 Å². The predicted octanol–water partition coefficient (Wildman–Crippen LogP) is 1.43. The second-order valence-corrected chi connectivity index (χ2v) is 4.29. The first kappa shape index (κ1) is 13.0. The minimum Gasteiger partial charge on any atom is -0.385 e. The molecular formula is C13H13N7O. The van der Waals surface area contributed by atoms with E-state index in [1.807, 2.05) is 31.2 Å². The molecule has 8 heteroatoms. The first-order chi connectivity index (χ1) is 10.3. The van der Waals surface area contributed by atoms with Crippen LogP contribution in [-0.4, -0.2) is 38.1 Å². The zero-order chi connectivity index (χ0) is 14.7. The Bertz CT molecular complexity index is 769. The number of rotatable bonds is 4. The maximum absolute atomic E-state index is 12.2. The van der Waals surface area contributed by atoms with Crippen LogP contribution in [0.1, 0.15) is 17.4 Å².